The Hall–Kier alpha value is -1.06. The van der Waals surface area contributed by atoms with Crippen molar-refractivity contribution < 1.29 is 14.7 Å². The van der Waals surface area contributed by atoms with E-state index in [-0.39, 0.29) is 11.8 Å². The fraction of sp³-hybridized carbons (Fsp3) is 0.778. The van der Waals surface area contributed by atoms with Gasteiger partial charge in [0.05, 0.1) is 11.8 Å². The first-order valence-corrected chi connectivity index (χ1v) is 4.72. The third kappa shape index (κ3) is 1.53. The third-order valence-corrected chi connectivity index (χ3v) is 2.84. The van der Waals surface area contributed by atoms with E-state index >= 15 is 0 Å². The molecule has 4 nitrogen and oxygen atoms in total. The number of carbonyl (C=O) groups is 2. The number of carbonyl (C=O) groups excluding carboxylic acids is 1. The fourth-order valence-corrected chi connectivity index (χ4v) is 1.91. The Morgan fingerprint density at radius 1 is 1.15 bits per heavy atom. The number of rotatable bonds is 2. The highest BCUT2D eigenvalue weighted by molar-refractivity contribution is 5.89. The van der Waals surface area contributed by atoms with Gasteiger partial charge in [-0.1, -0.05) is 0 Å². The van der Waals surface area contributed by atoms with Gasteiger partial charge in [0.25, 0.3) is 0 Å². The molecule has 1 aliphatic heterocycles. The molecule has 13 heavy (non-hydrogen) atoms. The topological polar surface area (TPSA) is 57.6 Å². The maximum atomic E-state index is 11.6. The molecule has 1 N–H and O–H groups in total. The Balaban J connectivity index is 1.89. The van der Waals surface area contributed by atoms with Gasteiger partial charge in [-0.05, 0) is 19.3 Å². The van der Waals surface area contributed by atoms with E-state index in [4.69, 9.17) is 5.11 Å². The highest BCUT2D eigenvalue weighted by Gasteiger charge is 2.49. The number of hydrogen-bond acceptors (Lipinski definition) is 2. The molecular weight excluding hydrogens is 170 g/mol. The summed E-state index contributed by atoms with van der Waals surface area (Å²) in [6.07, 6.45) is 2.68. The monoisotopic (exact) mass is 183 g/mol. The molecule has 1 amide bonds. The standard InChI is InChI=1S/C9H13NO3/c11-8(10-3-1-2-4-10)6-5-7(6)9(12)13/h6-7H,1-5H2,(H,12,13)/t6-,7-/m1/s1. The first-order valence-electron chi connectivity index (χ1n) is 4.72. The van der Waals surface area contributed by atoms with Crippen LogP contribution >= 0.6 is 0 Å². The van der Waals surface area contributed by atoms with Gasteiger partial charge in [-0.25, -0.2) is 0 Å². The summed E-state index contributed by atoms with van der Waals surface area (Å²) in [6, 6.07) is 0. The molecule has 1 aliphatic carbocycles. The van der Waals surface area contributed by atoms with E-state index in [1.54, 1.807) is 4.90 Å². The first kappa shape index (κ1) is 8.53. The summed E-state index contributed by atoms with van der Waals surface area (Å²) in [5.74, 6) is -1.37. The zero-order chi connectivity index (χ0) is 9.42. The van der Waals surface area contributed by atoms with Gasteiger partial charge >= 0.3 is 5.97 Å². The van der Waals surface area contributed by atoms with Gasteiger partial charge in [-0.3, -0.25) is 9.59 Å². The van der Waals surface area contributed by atoms with Crippen molar-refractivity contribution in [2.24, 2.45) is 11.8 Å². The number of carboxylic acid groups (broad SMARTS) is 1. The molecule has 1 saturated carbocycles. The molecule has 2 rings (SSSR count). The predicted octanol–water partition coefficient (Wildman–Crippen LogP) is 0.329. The predicted molar refractivity (Wildman–Crippen MR) is 45.0 cm³/mol. The highest BCUT2D eigenvalue weighted by atomic mass is 16.4. The van der Waals surface area contributed by atoms with Crippen molar-refractivity contribution >= 4 is 11.9 Å². The van der Waals surface area contributed by atoms with E-state index in [9.17, 15) is 9.59 Å². The Morgan fingerprint density at radius 2 is 1.77 bits per heavy atom. The molecule has 2 atom stereocenters. The fourth-order valence-electron chi connectivity index (χ4n) is 1.91. The van der Waals surface area contributed by atoms with Crippen LogP contribution in [-0.2, 0) is 9.59 Å². The molecule has 0 bridgehead atoms. The van der Waals surface area contributed by atoms with Gasteiger partial charge in [0, 0.05) is 13.1 Å². The SMILES string of the molecule is O=C(O)[C@@H]1C[C@H]1C(=O)N1CCCC1. The molecule has 72 valence electrons. The number of carboxylic acids is 1. The van der Waals surface area contributed by atoms with Crippen molar-refractivity contribution in [3.8, 4) is 0 Å². The van der Waals surface area contributed by atoms with Crippen molar-refractivity contribution in [2.75, 3.05) is 13.1 Å². The molecular formula is C9H13NO3. The molecule has 0 aromatic heterocycles. The van der Waals surface area contributed by atoms with E-state index in [0.29, 0.717) is 6.42 Å². The minimum atomic E-state index is -0.822. The van der Waals surface area contributed by atoms with Crippen LogP contribution in [0, 0.1) is 11.8 Å². The molecule has 2 aliphatic rings. The smallest absolute Gasteiger partial charge is 0.307 e. The maximum absolute atomic E-state index is 11.6. The van der Waals surface area contributed by atoms with Crippen LogP contribution in [0.4, 0.5) is 0 Å². The van der Waals surface area contributed by atoms with E-state index in [0.717, 1.165) is 25.9 Å². The number of likely N-dealkylation sites (tertiary alicyclic amines) is 1. The van der Waals surface area contributed by atoms with Crippen LogP contribution in [0.25, 0.3) is 0 Å². The Labute approximate surface area is 76.5 Å². The second-order valence-corrected chi connectivity index (χ2v) is 3.82. The molecule has 0 unspecified atom stereocenters. The maximum Gasteiger partial charge on any atom is 0.307 e. The van der Waals surface area contributed by atoms with Gasteiger partial charge < -0.3 is 10.0 Å². The minimum Gasteiger partial charge on any atom is -0.481 e. The summed E-state index contributed by atoms with van der Waals surface area (Å²) in [6.45, 7) is 1.64. The van der Waals surface area contributed by atoms with Crippen LogP contribution in [0.15, 0.2) is 0 Å². The van der Waals surface area contributed by atoms with Crippen LogP contribution in [0.1, 0.15) is 19.3 Å². The summed E-state index contributed by atoms with van der Waals surface area (Å²) in [5.41, 5.74) is 0. The minimum absolute atomic E-state index is 0.0601. The lowest BCUT2D eigenvalue weighted by molar-refractivity contribution is -0.141. The third-order valence-electron chi connectivity index (χ3n) is 2.84. The molecule has 0 radical (unpaired) electrons. The van der Waals surface area contributed by atoms with E-state index in [1.807, 2.05) is 0 Å². The first-order chi connectivity index (χ1) is 6.20. The van der Waals surface area contributed by atoms with Crippen molar-refractivity contribution in [2.45, 2.75) is 19.3 Å². The van der Waals surface area contributed by atoms with Crippen LogP contribution < -0.4 is 0 Å². The van der Waals surface area contributed by atoms with E-state index in [1.165, 1.54) is 0 Å². The largest absolute Gasteiger partial charge is 0.481 e. The Morgan fingerprint density at radius 3 is 2.23 bits per heavy atom. The Bertz CT molecular complexity index is 245. The number of amides is 1. The summed E-state index contributed by atoms with van der Waals surface area (Å²) < 4.78 is 0. The molecule has 2 fully saturated rings. The quantitative estimate of drug-likeness (QED) is 0.671. The highest BCUT2D eigenvalue weighted by Crippen LogP contribution is 2.40. The van der Waals surface area contributed by atoms with Crippen LogP contribution in [0.5, 0.6) is 0 Å². The zero-order valence-electron chi connectivity index (χ0n) is 7.40. The van der Waals surface area contributed by atoms with Gasteiger partial charge in [0.2, 0.25) is 5.91 Å². The lowest BCUT2D eigenvalue weighted by Crippen LogP contribution is -2.30. The summed E-state index contributed by atoms with van der Waals surface area (Å²) in [4.78, 5) is 23.9. The van der Waals surface area contributed by atoms with Crippen molar-refractivity contribution in [3.63, 3.8) is 0 Å². The lowest BCUT2D eigenvalue weighted by atomic mass is 10.3. The lowest BCUT2D eigenvalue weighted by Gasteiger charge is -2.14. The van der Waals surface area contributed by atoms with Crippen molar-refractivity contribution in [1.82, 2.24) is 4.90 Å². The van der Waals surface area contributed by atoms with Crippen LogP contribution in [-0.4, -0.2) is 35.0 Å². The van der Waals surface area contributed by atoms with Gasteiger partial charge in [-0.2, -0.15) is 0 Å². The zero-order valence-corrected chi connectivity index (χ0v) is 7.40. The number of aliphatic carboxylic acids is 1. The van der Waals surface area contributed by atoms with Crippen LogP contribution in [0.2, 0.25) is 0 Å². The molecule has 1 saturated heterocycles. The van der Waals surface area contributed by atoms with Crippen molar-refractivity contribution in [3.05, 3.63) is 0 Å². The van der Waals surface area contributed by atoms with E-state index in [2.05, 4.69) is 0 Å². The normalized spacial score (nSPS) is 31.8. The van der Waals surface area contributed by atoms with Crippen molar-refractivity contribution in [1.29, 1.82) is 0 Å². The molecule has 0 aromatic carbocycles. The molecule has 0 aromatic rings. The Kier molecular flexibility index (Phi) is 1.98. The molecule has 0 spiro atoms. The second kappa shape index (κ2) is 3.01. The van der Waals surface area contributed by atoms with Gasteiger partial charge in [0.1, 0.15) is 0 Å². The number of nitrogens with zero attached hydrogens (tertiary/aromatic N) is 1. The van der Waals surface area contributed by atoms with E-state index < -0.39 is 11.9 Å². The summed E-state index contributed by atoms with van der Waals surface area (Å²) in [7, 11) is 0. The average molecular weight is 183 g/mol. The second-order valence-electron chi connectivity index (χ2n) is 3.82. The molecule has 1 heterocycles. The van der Waals surface area contributed by atoms with Gasteiger partial charge in [0.15, 0.2) is 0 Å². The number of hydrogen-bond donors (Lipinski definition) is 1. The molecule has 4 heteroatoms. The van der Waals surface area contributed by atoms with Gasteiger partial charge in [-0.15, -0.1) is 0 Å². The average Bonchev–Trinajstić information content (AvgIpc) is 2.72. The van der Waals surface area contributed by atoms with Crippen LogP contribution in [0.3, 0.4) is 0 Å². The summed E-state index contributed by atoms with van der Waals surface area (Å²) in [5, 5.41) is 8.64. The summed E-state index contributed by atoms with van der Waals surface area (Å²) >= 11 is 0.